The van der Waals surface area contributed by atoms with Crippen molar-refractivity contribution in [2.75, 3.05) is 13.1 Å². The van der Waals surface area contributed by atoms with E-state index in [1.54, 1.807) is 0 Å². The van der Waals surface area contributed by atoms with Crippen LogP contribution in [0.4, 0.5) is 0 Å². The number of nitrogens with zero attached hydrogens (tertiary/aromatic N) is 3. The highest BCUT2D eigenvalue weighted by Crippen LogP contribution is 2.18. The summed E-state index contributed by atoms with van der Waals surface area (Å²) in [5.41, 5.74) is 2.72. The molecule has 0 spiro atoms. The molecule has 0 aromatic carbocycles. The molecule has 7 heteroatoms. The maximum Gasteiger partial charge on any atom is 0.254 e. The van der Waals surface area contributed by atoms with Gasteiger partial charge in [0.25, 0.3) is 5.56 Å². The number of fused-ring (bicyclic) bond motifs is 1. The van der Waals surface area contributed by atoms with Crippen LogP contribution in [0.15, 0.2) is 4.79 Å². The lowest BCUT2D eigenvalue weighted by atomic mass is 10.1. The van der Waals surface area contributed by atoms with Crippen molar-refractivity contribution in [3.05, 3.63) is 44.1 Å². The van der Waals surface area contributed by atoms with Crippen LogP contribution in [0.5, 0.6) is 0 Å². The highest BCUT2D eigenvalue weighted by Gasteiger charge is 2.20. The van der Waals surface area contributed by atoms with Crippen molar-refractivity contribution >= 4 is 11.6 Å². The highest BCUT2D eigenvalue weighted by atomic mass is 35.5. The summed E-state index contributed by atoms with van der Waals surface area (Å²) in [5, 5.41) is 0.565. The number of H-pyrrole nitrogens is 2. The summed E-state index contributed by atoms with van der Waals surface area (Å²) in [7, 11) is 0. The van der Waals surface area contributed by atoms with Gasteiger partial charge in [-0.2, -0.15) is 0 Å². The van der Waals surface area contributed by atoms with Gasteiger partial charge in [0.15, 0.2) is 5.15 Å². The molecule has 2 aromatic heterocycles. The number of aromatic amines is 2. The van der Waals surface area contributed by atoms with Crippen LogP contribution in [0.2, 0.25) is 5.15 Å². The van der Waals surface area contributed by atoms with E-state index >= 15 is 0 Å². The second kappa shape index (κ2) is 7.49. The van der Waals surface area contributed by atoms with Crippen LogP contribution >= 0.6 is 11.6 Å². The molecule has 1 aliphatic rings. The zero-order valence-electron chi connectivity index (χ0n) is 14.3. The first-order valence-electron chi connectivity index (χ1n) is 8.61. The van der Waals surface area contributed by atoms with Gasteiger partial charge in [-0.1, -0.05) is 24.9 Å². The van der Waals surface area contributed by atoms with Crippen LogP contribution in [0.25, 0.3) is 0 Å². The lowest BCUT2D eigenvalue weighted by Crippen LogP contribution is -2.26. The Morgan fingerprint density at radius 2 is 2.00 bits per heavy atom. The molecule has 2 N–H and O–H groups in total. The fraction of sp³-hybridized carbons (Fsp3) is 0.588. The quantitative estimate of drug-likeness (QED) is 0.868. The Hall–Kier alpha value is -1.66. The number of aromatic nitrogens is 4. The zero-order valence-corrected chi connectivity index (χ0v) is 15.0. The lowest BCUT2D eigenvalue weighted by Gasteiger charge is -2.18. The molecule has 0 radical (unpaired) electrons. The van der Waals surface area contributed by atoms with E-state index in [2.05, 4.69) is 31.8 Å². The molecular formula is C17H24ClN5O. The first-order chi connectivity index (χ1) is 11.6. The average molecular weight is 350 g/mol. The molecule has 3 rings (SSSR count). The maximum atomic E-state index is 12.1. The zero-order chi connectivity index (χ0) is 17.1. The van der Waals surface area contributed by atoms with E-state index in [4.69, 9.17) is 11.6 Å². The molecular weight excluding hydrogens is 326 g/mol. The topological polar surface area (TPSA) is 77.7 Å². The van der Waals surface area contributed by atoms with Gasteiger partial charge in [-0.3, -0.25) is 9.69 Å². The van der Waals surface area contributed by atoms with Gasteiger partial charge in [-0.15, -0.1) is 0 Å². The van der Waals surface area contributed by atoms with Crippen LogP contribution in [0, 0.1) is 6.92 Å². The molecule has 2 aromatic rings. The number of halogens is 1. The van der Waals surface area contributed by atoms with Crippen molar-refractivity contribution in [1.82, 2.24) is 24.8 Å². The predicted molar refractivity (Wildman–Crippen MR) is 94.5 cm³/mol. The molecule has 6 nitrogen and oxygen atoms in total. The molecule has 0 unspecified atom stereocenters. The van der Waals surface area contributed by atoms with E-state index in [0.29, 0.717) is 17.4 Å². The Labute approximate surface area is 146 Å². The molecule has 0 amide bonds. The van der Waals surface area contributed by atoms with Gasteiger partial charge in [0.05, 0.1) is 11.4 Å². The van der Waals surface area contributed by atoms with Crippen molar-refractivity contribution in [3.63, 3.8) is 0 Å². The molecule has 0 aliphatic carbocycles. The summed E-state index contributed by atoms with van der Waals surface area (Å²) in [5.74, 6) is 1.65. The minimum Gasteiger partial charge on any atom is -0.344 e. The fourth-order valence-corrected chi connectivity index (χ4v) is 3.38. The summed E-state index contributed by atoms with van der Waals surface area (Å²) in [4.78, 5) is 29.5. The van der Waals surface area contributed by atoms with Crippen LogP contribution in [-0.2, 0) is 25.8 Å². The second-order valence-corrected chi connectivity index (χ2v) is 6.77. The molecule has 0 saturated heterocycles. The smallest absolute Gasteiger partial charge is 0.254 e. The van der Waals surface area contributed by atoms with Gasteiger partial charge in [0, 0.05) is 38.0 Å². The molecule has 0 bridgehead atoms. The SMILES string of the molecule is CCCCc1nc(Cl)c(CN2CCc3nc(C)[nH]c(=O)c3CC2)[nH]1. The summed E-state index contributed by atoms with van der Waals surface area (Å²) in [6, 6.07) is 0. The Morgan fingerprint density at radius 3 is 2.79 bits per heavy atom. The fourth-order valence-electron chi connectivity index (χ4n) is 3.17. The summed E-state index contributed by atoms with van der Waals surface area (Å²) >= 11 is 6.28. The lowest BCUT2D eigenvalue weighted by molar-refractivity contribution is 0.276. The van der Waals surface area contributed by atoms with Crippen LogP contribution < -0.4 is 5.56 Å². The van der Waals surface area contributed by atoms with Crippen molar-refractivity contribution in [1.29, 1.82) is 0 Å². The Bertz CT molecular complexity index is 767. The Balaban J connectivity index is 1.69. The molecule has 24 heavy (non-hydrogen) atoms. The number of hydrogen-bond donors (Lipinski definition) is 2. The van der Waals surface area contributed by atoms with E-state index in [0.717, 1.165) is 68.1 Å². The standard InChI is InChI=1S/C17H24ClN5O/c1-3-4-5-15-21-14(16(18)22-15)10-23-8-6-12-13(7-9-23)19-11(2)20-17(12)24/h3-10H2,1-2H3,(H,21,22)(H,19,20,24). The van der Waals surface area contributed by atoms with Crippen molar-refractivity contribution in [2.45, 2.75) is 52.5 Å². The van der Waals surface area contributed by atoms with Crippen molar-refractivity contribution in [2.24, 2.45) is 0 Å². The number of imidazole rings is 1. The van der Waals surface area contributed by atoms with Crippen molar-refractivity contribution < 1.29 is 0 Å². The normalized spacial score (nSPS) is 15.3. The Kier molecular flexibility index (Phi) is 5.36. The van der Waals surface area contributed by atoms with E-state index in [1.807, 2.05) is 6.92 Å². The van der Waals surface area contributed by atoms with Gasteiger partial charge < -0.3 is 9.97 Å². The van der Waals surface area contributed by atoms with Gasteiger partial charge in [0.1, 0.15) is 11.6 Å². The van der Waals surface area contributed by atoms with Crippen LogP contribution in [0.3, 0.4) is 0 Å². The van der Waals surface area contributed by atoms with Crippen LogP contribution in [0.1, 0.15) is 48.4 Å². The third-order valence-electron chi connectivity index (χ3n) is 4.49. The summed E-state index contributed by atoms with van der Waals surface area (Å²) in [6.07, 6.45) is 4.68. The van der Waals surface area contributed by atoms with Gasteiger partial charge in [0.2, 0.25) is 0 Å². The number of nitrogens with one attached hydrogen (secondary N) is 2. The molecule has 130 valence electrons. The van der Waals surface area contributed by atoms with E-state index in [9.17, 15) is 4.79 Å². The van der Waals surface area contributed by atoms with Gasteiger partial charge in [-0.25, -0.2) is 9.97 Å². The molecule has 1 aliphatic heterocycles. The minimum absolute atomic E-state index is 0.000717. The number of unbranched alkanes of at least 4 members (excludes halogenated alkanes) is 1. The van der Waals surface area contributed by atoms with E-state index in [-0.39, 0.29) is 5.56 Å². The highest BCUT2D eigenvalue weighted by molar-refractivity contribution is 6.30. The van der Waals surface area contributed by atoms with E-state index < -0.39 is 0 Å². The Morgan fingerprint density at radius 1 is 1.21 bits per heavy atom. The monoisotopic (exact) mass is 349 g/mol. The number of hydrogen-bond acceptors (Lipinski definition) is 4. The summed E-state index contributed by atoms with van der Waals surface area (Å²) < 4.78 is 0. The average Bonchev–Trinajstić information content (AvgIpc) is 2.75. The largest absolute Gasteiger partial charge is 0.344 e. The second-order valence-electron chi connectivity index (χ2n) is 6.41. The van der Waals surface area contributed by atoms with Crippen LogP contribution in [-0.4, -0.2) is 37.9 Å². The molecule has 3 heterocycles. The van der Waals surface area contributed by atoms with Gasteiger partial charge >= 0.3 is 0 Å². The molecule has 0 fully saturated rings. The number of rotatable bonds is 5. The van der Waals surface area contributed by atoms with Gasteiger partial charge in [-0.05, 0) is 19.8 Å². The van der Waals surface area contributed by atoms with E-state index in [1.165, 1.54) is 0 Å². The first-order valence-corrected chi connectivity index (χ1v) is 8.99. The maximum absolute atomic E-state index is 12.1. The minimum atomic E-state index is 0.000717. The van der Waals surface area contributed by atoms with Crippen molar-refractivity contribution in [3.8, 4) is 0 Å². The predicted octanol–water partition coefficient (Wildman–Crippen LogP) is 2.40. The first kappa shape index (κ1) is 17.2. The molecule has 0 atom stereocenters. The third kappa shape index (κ3) is 3.87. The summed E-state index contributed by atoms with van der Waals surface area (Å²) in [6.45, 7) is 6.40. The third-order valence-corrected chi connectivity index (χ3v) is 4.80. The number of aryl methyl sites for hydroxylation is 2. The molecule has 0 saturated carbocycles.